The zero-order valence-electron chi connectivity index (χ0n) is 16.4. The summed E-state index contributed by atoms with van der Waals surface area (Å²) in [6, 6.07) is 19.0. The molecule has 0 fully saturated rings. The van der Waals surface area contributed by atoms with Crippen LogP contribution in [-0.4, -0.2) is 24.1 Å². The maximum atomic E-state index is 12.9. The first-order valence-corrected chi connectivity index (χ1v) is 9.83. The quantitative estimate of drug-likeness (QED) is 0.265. The van der Waals surface area contributed by atoms with Gasteiger partial charge in [0, 0.05) is 22.3 Å². The molecule has 0 saturated heterocycles. The van der Waals surface area contributed by atoms with E-state index < -0.39 is 17.0 Å². The molecule has 0 saturated carbocycles. The molecule has 0 aromatic heterocycles. The number of benzene rings is 3. The van der Waals surface area contributed by atoms with Crippen LogP contribution in [-0.2, 0) is 11.3 Å². The molecular weight excluding hydrogens is 468 g/mol. The van der Waals surface area contributed by atoms with Crippen molar-refractivity contribution in [2.75, 3.05) is 12.0 Å². The molecule has 0 aliphatic rings. The van der Waals surface area contributed by atoms with E-state index in [1.54, 1.807) is 48.5 Å². The van der Waals surface area contributed by atoms with E-state index in [1.807, 2.05) is 0 Å². The van der Waals surface area contributed by atoms with Gasteiger partial charge in [0.05, 0.1) is 24.1 Å². The van der Waals surface area contributed by atoms with Crippen molar-refractivity contribution in [1.82, 2.24) is 0 Å². The summed E-state index contributed by atoms with van der Waals surface area (Å²) in [6.45, 7) is 0.175. The van der Waals surface area contributed by atoms with Gasteiger partial charge in [-0.2, -0.15) is 0 Å². The normalized spacial score (nSPS) is 10.3. The summed E-state index contributed by atoms with van der Waals surface area (Å²) in [4.78, 5) is 36.2. The number of carbonyl (C=O) groups is 2. The van der Waals surface area contributed by atoms with E-state index in [-0.39, 0.29) is 18.0 Å². The number of hydrogen-bond donors (Lipinski definition) is 0. The van der Waals surface area contributed by atoms with Gasteiger partial charge in [-0.3, -0.25) is 15.0 Å². The van der Waals surface area contributed by atoms with E-state index in [1.165, 1.54) is 36.3 Å². The van der Waals surface area contributed by atoms with Crippen molar-refractivity contribution in [3.63, 3.8) is 0 Å². The highest BCUT2D eigenvalue weighted by Gasteiger charge is 2.20. The molecule has 0 aliphatic carbocycles. The molecule has 9 heteroatoms. The van der Waals surface area contributed by atoms with Crippen molar-refractivity contribution in [1.29, 1.82) is 0 Å². The summed E-state index contributed by atoms with van der Waals surface area (Å²) in [5.41, 5.74) is 1.65. The maximum absolute atomic E-state index is 12.9. The lowest BCUT2D eigenvalue weighted by Crippen LogP contribution is -2.33. The van der Waals surface area contributed by atoms with Gasteiger partial charge in [0.25, 0.3) is 5.69 Å². The number of anilines is 1. The molecule has 8 nitrogen and oxygen atoms in total. The minimum atomic E-state index is -0.659. The number of ether oxygens (including phenoxy) is 2. The lowest BCUT2D eigenvalue weighted by molar-refractivity contribution is -0.384. The number of amides is 1. The van der Waals surface area contributed by atoms with Gasteiger partial charge >= 0.3 is 12.1 Å². The van der Waals surface area contributed by atoms with E-state index >= 15 is 0 Å². The number of nitrogens with zero attached hydrogens (tertiary/aromatic N) is 2. The van der Waals surface area contributed by atoms with Crippen LogP contribution in [0.3, 0.4) is 0 Å². The Labute approximate surface area is 186 Å². The fourth-order valence-electron chi connectivity index (χ4n) is 2.72. The minimum Gasteiger partial charge on any atom is -0.465 e. The molecule has 0 bridgehead atoms. The number of non-ortho nitro benzene ring substituents is 1. The second kappa shape index (κ2) is 9.86. The Balaban J connectivity index is 1.83. The number of rotatable bonds is 6. The zero-order chi connectivity index (χ0) is 22.4. The molecule has 3 aromatic rings. The Morgan fingerprint density at radius 3 is 2.13 bits per heavy atom. The van der Waals surface area contributed by atoms with E-state index in [0.717, 1.165) is 10.0 Å². The van der Waals surface area contributed by atoms with E-state index in [9.17, 15) is 19.7 Å². The molecule has 158 valence electrons. The lowest BCUT2D eigenvalue weighted by Gasteiger charge is -2.22. The highest BCUT2D eigenvalue weighted by atomic mass is 79.9. The van der Waals surface area contributed by atoms with Crippen LogP contribution in [0.2, 0.25) is 0 Å². The van der Waals surface area contributed by atoms with Gasteiger partial charge in [-0.25, -0.2) is 9.59 Å². The summed E-state index contributed by atoms with van der Waals surface area (Å²) in [5, 5.41) is 10.8. The van der Waals surface area contributed by atoms with Crippen molar-refractivity contribution < 1.29 is 24.0 Å². The average Bonchev–Trinajstić information content (AvgIpc) is 2.78. The third-order valence-electron chi connectivity index (χ3n) is 4.33. The number of halogens is 1. The molecule has 3 rings (SSSR count). The Morgan fingerprint density at radius 1 is 0.968 bits per heavy atom. The van der Waals surface area contributed by atoms with Gasteiger partial charge in [-0.1, -0.05) is 28.1 Å². The van der Waals surface area contributed by atoms with Crippen LogP contribution in [0.5, 0.6) is 5.75 Å². The van der Waals surface area contributed by atoms with Gasteiger partial charge in [0.2, 0.25) is 0 Å². The van der Waals surface area contributed by atoms with E-state index in [0.29, 0.717) is 11.3 Å². The monoisotopic (exact) mass is 484 g/mol. The molecule has 0 heterocycles. The molecule has 1 amide bonds. The van der Waals surface area contributed by atoms with E-state index in [4.69, 9.17) is 9.47 Å². The molecule has 31 heavy (non-hydrogen) atoms. The largest absolute Gasteiger partial charge is 0.465 e. The molecular formula is C22H17BrN2O6. The minimum absolute atomic E-state index is 0.102. The maximum Gasteiger partial charge on any atom is 0.420 e. The summed E-state index contributed by atoms with van der Waals surface area (Å²) in [6.07, 6.45) is -0.659. The Morgan fingerprint density at radius 2 is 1.58 bits per heavy atom. The van der Waals surface area contributed by atoms with Crippen LogP contribution in [0.15, 0.2) is 77.3 Å². The first-order valence-electron chi connectivity index (χ1n) is 9.04. The summed E-state index contributed by atoms with van der Waals surface area (Å²) in [5.74, 6) is -0.271. The molecule has 0 aliphatic heterocycles. The fraction of sp³-hybridized carbons (Fsp3) is 0.0909. The molecule has 0 unspecified atom stereocenters. The van der Waals surface area contributed by atoms with Crippen molar-refractivity contribution >= 4 is 39.4 Å². The average molecular weight is 485 g/mol. The third kappa shape index (κ3) is 5.67. The van der Waals surface area contributed by atoms with Crippen molar-refractivity contribution in [3.05, 3.63) is 98.5 Å². The predicted molar refractivity (Wildman–Crippen MR) is 117 cm³/mol. The fourth-order valence-corrected chi connectivity index (χ4v) is 2.99. The summed E-state index contributed by atoms with van der Waals surface area (Å²) >= 11 is 3.37. The number of esters is 1. The van der Waals surface area contributed by atoms with E-state index in [2.05, 4.69) is 15.9 Å². The smallest absolute Gasteiger partial charge is 0.420 e. The number of carbonyl (C=O) groups excluding carboxylic acids is 2. The van der Waals surface area contributed by atoms with Crippen LogP contribution in [0, 0.1) is 10.1 Å². The predicted octanol–water partition coefficient (Wildman–Crippen LogP) is 5.35. The molecule has 3 aromatic carbocycles. The standard InChI is InChI=1S/C22H17BrN2O6/c1-30-21(26)16-4-2-15(3-5-16)14-24(18-8-6-17(23)7-9-18)22(27)31-20-12-10-19(11-13-20)25(28)29/h2-13H,14H2,1H3. The van der Waals surface area contributed by atoms with Gasteiger partial charge in [-0.15, -0.1) is 0 Å². The number of nitro benzene ring substituents is 1. The number of nitro groups is 1. The highest BCUT2D eigenvalue weighted by Crippen LogP contribution is 2.24. The summed E-state index contributed by atoms with van der Waals surface area (Å²) < 4.78 is 11.0. The number of methoxy groups -OCH3 is 1. The van der Waals surface area contributed by atoms with Crippen LogP contribution < -0.4 is 9.64 Å². The topological polar surface area (TPSA) is 99.0 Å². The molecule has 0 atom stereocenters. The number of hydrogen-bond acceptors (Lipinski definition) is 6. The van der Waals surface area contributed by atoms with Gasteiger partial charge in [0.1, 0.15) is 5.75 Å². The zero-order valence-corrected chi connectivity index (χ0v) is 17.9. The molecule has 0 N–H and O–H groups in total. The Bertz CT molecular complexity index is 1080. The third-order valence-corrected chi connectivity index (χ3v) is 4.86. The Kier molecular flexibility index (Phi) is 6.99. The first kappa shape index (κ1) is 22.0. The molecule has 0 radical (unpaired) electrons. The first-order chi connectivity index (χ1) is 14.9. The van der Waals surface area contributed by atoms with Gasteiger partial charge in [0.15, 0.2) is 0 Å². The molecule has 0 spiro atoms. The van der Waals surface area contributed by atoms with Crippen LogP contribution in [0.1, 0.15) is 15.9 Å². The van der Waals surface area contributed by atoms with Gasteiger partial charge in [-0.05, 0) is 54.1 Å². The summed E-state index contributed by atoms with van der Waals surface area (Å²) in [7, 11) is 1.31. The van der Waals surface area contributed by atoms with Crippen molar-refractivity contribution in [2.45, 2.75) is 6.54 Å². The van der Waals surface area contributed by atoms with Crippen molar-refractivity contribution in [2.24, 2.45) is 0 Å². The van der Waals surface area contributed by atoms with Gasteiger partial charge < -0.3 is 9.47 Å². The second-order valence-electron chi connectivity index (χ2n) is 6.37. The van der Waals surface area contributed by atoms with Crippen LogP contribution in [0.25, 0.3) is 0 Å². The highest BCUT2D eigenvalue weighted by molar-refractivity contribution is 9.10. The van der Waals surface area contributed by atoms with Crippen molar-refractivity contribution in [3.8, 4) is 5.75 Å². The second-order valence-corrected chi connectivity index (χ2v) is 7.29. The SMILES string of the molecule is COC(=O)c1ccc(CN(C(=O)Oc2ccc([N+](=O)[O-])cc2)c2ccc(Br)cc2)cc1. The lowest BCUT2D eigenvalue weighted by atomic mass is 10.1. The Hall–Kier alpha value is -3.72. The van der Waals surface area contributed by atoms with Crippen LogP contribution in [0.4, 0.5) is 16.2 Å². The van der Waals surface area contributed by atoms with Crippen LogP contribution >= 0.6 is 15.9 Å².